The van der Waals surface area contributed by atoms with Crippen LogP contribution in [0.25, 0.3) is 22.6 Å². The highest BCUT2D eigenvalue weighted by atomic mass is 16.6. The van der Waals surface area contributed by atoms with Crippen molar-refractivity contribution in [3.8, 4) is 16.9 Å². The lowest BCUT2D eigenvalue weighted by Crippen LogP contribution is -2.26. The number of hydrazine groups is 1. The number of nitrogens with one attached hydrogen (secondary N) is 2. The lowest BCUT2D eigenvalue weighted by Gasteiger charge is -2.09. The zero-order valence-corrected chi connectivity index (χ0v) is 16.5. The summed E-state index contributed by atoms with van der Waals surface area (Å²) in [6.45, 7) is 0. The molecule has 0 saturated carbocycles. The van der Waals surface area contributed by atoms with Crippen molar-refractivity contribution >= 4 is 11.4 Å². The van der Waals surface area contributed by atoms with Gasteiger partial charge in [0.15, 0.2) is 0 Å². The van der Waals surface area contributed by atoms with Crippen LogP contribution < -0.4 is 10.9 Å². The van der Waals surface area contributed by atoms with Gasteiger partial charge < -0.3 is 5.43 Å². The Balaban J connectivity index is 1.53. The van der Waals surface area contributed by atoms with Crippen LogP contribution in [0.15, 0.2) is 97.2 Å². The number of nitro groups is 1. The summed E-state index contributed by atoms with van der Waals surface area (Å²) in [5.41, 5.74) is 12.3. The van der Waals surface area contributed by atoms with Crippen molar-refractivity contribution in [2.75, 3.05) is 0 Å². The first-order valence-corrected chi connectivity index (χ1v) is 9.87. The zero-order chi connectivity index (χ0) is 21.2. The van der Waals surface area contributed by atoms with E-state index in [1.54, 1.807) is 12.1 Å². The fourth-order valence-electron chi connectivity index (χ4n) is 3.65. The van der Waals surface area contributed by atoms with E-state index in [1.165, 1.54) is 12.1 Å². The minimum absolute atomic E-state index is 0.0716. The van der Waals surface area contributed by atoms with E-state index in [0.29, 0.717) is 0 Å². The Bertz CT molecular complexity index is 1250. The quantitative estimate of drug-likeness (QED) is 0.371. The first-order chi connectivity index (χ1) is 15.2. The van der Waals surface area contributed by atoms with Crippen LogP contribution in [0.1, 0.15) is 17.2 Å². The van der Waals surface area contributed by atoms with Gasteiger partial charge in [-0.2, -0.15) is 5.10 Å². The fraction of sp³-hybridized carbons (Fsp3) is 0.0417. The Morgan fingerprint density at radius 1 is 0.871 bits per heavy atom. The van der Waals surface area contributed by atoms with E-state index >= 15 is 0 Å². The van der Waals surface area contributed by atoms with Crippen molar-refractivity contribution in [2.24, 2.45) is 0 Å². The average molecular weight is 409 g/mol. The van der Waals surface area contributed by atoms with Crippen molar-refractivity contribution in [1.29, 1.82) is 0 Å². The Hall–Kier alpha value is -4.23. The van der Waals surface area contributed by atoms with E-state index in [1.807, 2.05) is 71.5 Å². The molecule has 0 fully saturated rings. The SMILES string of the molecule is O=[N+]([O-])c1ccc(C2=C[C@H](c3cn(-c4ccccc4)nc3-c3ccccc3)NN2)cc1. The molecule has 1 aromatic heterocycles. The first-order valence-electron chi connectivity index (χ1n) is 9.87. The average Bonchev–Trinajstić information content (AvgIpc) is 3.48. The van der Waals surface area contributed by atoms with Gasteiger partial charge in [-0.25, -0.2) is 10.1 Å². The van der Waals surface area contributed by atoms with E-state index in [-0.39, 0.29) is 11.7 Å². The van der Waals surface area contributed by atoms with E-state index in [4.69, 9.17) is 5.10 Å². The number of para-hydroxylation sites is 1. The molecule has 0 aliphatic carbocycles. The zero-order valence-electron chi connectivity index (χ0n) is 16.5. The van der Waals surface area contributed by atoms with Crippen LogP contribution in [0, 0.1) is 10.1 Å². The number of non-ortho nitro benzene ring substituents is 1. The largest absolute Gasteiger partial charge is 0.320 e. The molecular formula is C24H19N5O2. The molecule has 2 N–H and O–H groups in total. The lowest BCUT2D eigenvalue weighted by atomic mass is 10.0. The molecule has 5 rings (SSSR count). The number of hydrogen-bond acceptors (Lipinski definition) is 5. The predicted octanol–water partition coefficient (Wildman–Crippen LogP) is 4.64. The van der Waals surface area contributed by atoms with Crippen molar-refractivity contribution in [3.63, 3.8) is 0 Å². The Morgan fingerprint density at radius 3 is 2.23 bits per heavy atom. The predicted molar refractivity (Wildman–Crippen MR) is 119 cm³/mol. The molecule has 0 radical (unpaired) electrons. The molecule has 2 heterocycles. The molecule has 0 spiro atoms. The van der Waals surface area contributed by atoms with Gasteiger partial charge in [-0.05, 0) is 35.9 Å². The molecule has 0 unspecified atom stereocenters. The smallest absolute Gasteiger partial charge is 0.269 e. The van der Waals surface area contributed by atoms with Gasteiger partial charge >= 0.3 is 0 Å². The van der Waals surface area contributed by atoms with Crippen LogP contribution in [0.4, 0.5) is 5.69 Å². The third-order valence-corrected chi connectivity index (χ3v) is 5.23. The normalized spacial score (nSPS) is 15.4. The molecule has 0 amide bonds. The van der Waals surface area contributed by atoms with Gasteiger partial charge in [0, 0.05) is 29.5 Å². The first kappa shape index (κ1) is 18.8. The van der Waals surface area contributed by atoms with Crippen molar-refractivity contribution < 1.29 is 4.92 Å². The van der Waals surface area contributed by atoms with Gasteiger partial charge in [-0.1, -0.05) is 48.5 Å². The molecule has 7 nitrogen and oxygen atoms in total. The Labute approximate surface area is 178 Å². The lowest BCUT2D eigenvalue weighted by molar-refractivity contribution is -0.384. The van der Waals surface area contributed by atoms with Crippen LogP contribution in [0.5, 0.6) is 0 Å². The maximum absolute atomic E-state index is 10.9. The molecule has 4 aromatic rings. The summed E-state index contributed by atoms with van der Waals surface area (Å²) in [6.07, 6.45) is 4.10. The molecule has 1 aliphatic heterocycles. The van der Waals surface area contributed by atoms with Gasteiger partial charge in [0.1, 0.15) is 0 Å². The summed E-state index contributed by atoms with van der Waals surface area (Å²) in [5, 5.41) is 15.8. The van der Waals surface area contributed by atoms with Crippen molar-refractivity contribution in [2.45, 2.75) is 6.04 Å². The van der Waals surface area contributed by atoms with Crippen LogP contribution >= 0.6 is 0 Å². The highest BCUT2D eigenvalue weighted by Gasteiger charge is 2.24. The number of nitro benzene ring substituents is 1. The second kappa shape index (κ2) is 7.89. The fourth-order valence-corrected chi connectivity index (χ4v) is 3.65. The maximum atomic E-state index is 10.9. The standard InChI is InChI=1S/C24H19N5O2/c30-29(31)20-13-11-17(12-14-20)22-15-23(26-25-22)21-16-28(19-9-5-2-6-10-19)27-24(21)18-7-3-1-4-8-18/h1-16,23,25-26H/t23-/m1/s1. The van der Waals surface area contributed by atoms with Gasteiger partial charge in [-0.3, -0.25) is 10.1 Å². The van der Waals surface area contributed by atoms with Crippen LogP contribution in [-0.2, 0) is 0 Å². The molecule has 1 aliphatic rings. The summed E-state index contributed by atoms with van der Waals surface area (Å²) in [4.78, 5) is 10.5. The topological polar surface area (TPSA) is 85.0 Å². The summed E-state index contributed by atoms with van der Waals surface area (Å²) in [7, 11) is 0. The van der Waals surface area contributed by atoms with E-state index in [9.17, 15) is 10.1 Å². The molecule has 0 saturated heterocycles. The van der Waals surface area contributed by atoms with Crippen LogP contribution in [-0.4, -0.2) is 14.7 Å². The highest BCUT2D eigenvalue weighted by molar-refractivity contribution is 5.70. The third-order valence-electron chi connectivity index (χ3n) is 5.23. The number of aromatic nitrogens is 2. The van der Waals surface area contributed by atoms with Gasteiger partial charge in [0.05, 0.1) is 28.0 Å². The maximum Gasteiger partial charge on any atom is 0.269 e. The monoisotopic (exact) mass is 409 g/mol. The molecule has 0 bridgehead atoms. The summed E-state index contributed by atoms with van der Waals surface area (Å²) in [6, 6.07) is 26.5. The van der Waals surface area contributed by atoms with E-state index in [2.05, 4.69) is 16.9 Å². The molecule has 7 heteroatoms. The molecule has 1 atom stereocenters. The number of rotatable bonds is 5. The second-order valence-corrected chi connectivity index (χ2v) is 7.21. The number of hydrogen-bond donors (Lipinski definition) is 2. The summed E-state index contributed by atoms with van der Waals surface area (Å²) in [5.74, 6) is 0. The van der Waals surface area contributed by atoms with Gasteiger partial charge in [0.25, 0.3) is 5.69 Å². The van der Waals surface area contributed by atoms with Crippen molar-refractivity contribution in [1.82, 2.24) is 20.6 Å². The van der Waals surface area contributed by atoms with Crippen LogP contribution in [0.3, 0.4) is 0 Å². The highest BCUT2D eigenvalue weighted by Crippen LogP contribution is 2.32. The molecule has 31 heavy (non-hydrogen) atoms. The number of nitrogens with zero attached hydrogens (tertiary/aromatic N) is 3. The summed E-state index contributed by atoms with van der Waals surface area (Å²) >= 11 is 0. The minimum Gasteiger partial charge on any atom is -0.320 e. The van der Waals surface area contributed by atoms with Crippen LogP contribution in [0.2, 0.25) is 0 Å². The summed E-state index contributed by atoms with van der Waals surface area (Å²) < 4.78 is 1.89. The molecule has 152 valence electrons. The second-order valence-electron chi connectivity index (χ2n) is 7.21. The van der Waals surface area contributed by atoms with Gasteiger partial charge in [-0.15, -0.1) is 0 Å². The minimum atomic E-state index is -0.397. The molecular weight excluding hydrogens is 390 g/mol. The van der Waals surface area contributed by atoms with Gasteiger partial charge in [0.2, 0.25) is 0 Å². The number of benzene rings is 3. The van der Waals surface area contributed by atoms with Crippen molar-refractivity contribution in [3.05, 3.63) is 118 Å². The Morgan fingerprint density at radius 2 is 1.55 bits per heavy atom. The Kier molecular flexibility index (Phi) is 4.78. The molecule has 3 aromatic carbocycles. The third kappa shape index (κ3) is 3.70. The van der Waals surface area contributed by atoms with E-state index < -0.39 is 4.92 Å². The van der Waals surface area contributed by atoms with E-state index in [0.717, 1.165) is 33.8 Å².